The van der Waals surface area contributed by atoms with Gasteiger partial charge in [0.05, 0.1) is 6.61 Å². The molecule has 0 atom stereocenters. The molecule has 0 unspecified atom stereocenters. The standard InChI is InChI=1S/C26H27NO3/c28-25-12-10-23(11-13-25)22-6-8-24(9-7-22)26(29)27-16-14-21(15-17-27)19-30-18-20-4-2-1-3-5-20/h1-13,21,28H,14-19H2. The number of aromatic hydroxyl groups is 1. The summed E-state index contributed by atoms with van der Waals surface area (Å²) in [5.74, 6) is 0.852. The van der Waals surface area contributed by atoms with Gasteiger partial charge in [0.2, 0.25) is 0 Å². The summed E-state index contributed by atoms with van der Waals surface area (Å²) in [7, 11) is 0. The molecule has 0 bridgehead atoms. The maximum absolute atomic E-state index is 12.9. The molecule has 1 heterocycles. The lowest BCUT2D eigenvalue weighted by molar-refractivity contribution is 0.0478. The van der Waals surface area contributed by atoms with Gasteiger partial charge in [0.25, 0.3) is 5.91 Å². The number of phenols is 1. The zero-order valence-electron chi connectivity index (χ0n) is 17.0. The van der Waals surface area contributed by atoms with Gasteiger partial charge in [0.1, 0.15) is 5.75 Å². The monoisotopic (exact) mass is 401 g/mol. The molecule has 30 heavy (non-hydrogen) atoms. The number of nitrogens with zero attached hydrogens (tertiary/aromatic N) is 1. The first-order valence-corrected chi connectivity index (χ1v) is 10.5. The van der Waals surface area contributed by atoms with Gasteiger partial charge in [-0.05, 0) is 59.7 Å². The van der Waals surface area contributed by atoms with Crippen molar-refractivity contribution in [3.05, 3.63) is 90.0 Å². The first kappa shape index (κ1) is 20.2. The van der Waals surface area contributed by atoms with Crippen molar-refractivity contribution in [1.29, 1.82) is 0 Å². The molecular formula is C26H27NO3. The summed E-state index contributed by atoms with van der Waals surface area (Å²) >= 11 is 0. The smallest absolute Gasteiger partial charge is 0.253 e. The van der Waals surface area contributed by atoms with Crippen LogP contribution in [-0.4, -0.2) is 35.6 Å². The lowest BCUT2D eigenvalue weighted by Gasteiger charge is -2.32. The highest BCUT2D eigenvalue weighted by molar-refractivity contribution is 5.94. The molecule has 1 fully saturated rings. The van der Waals surface area contributed by atoms with Crippen molar-refractivity contribution in [3.63, 3.8) is 0 Å². The van der Waals surface area contributed by atoms with Gasteiger partial charge in [0, 0.05) is 25.3 Å². The number of carbonyl (C=O) groups excluding carboxylic acids is 1. The van der Waals surface area contributed by atoms with Crippen LogP contribution in [0.4, 0.5) is 0 Å². The Morgan fingerprint density at radius 2 is 1.47 bits per heavy atom. The third-order valence-corrected chi connectivity index (χ3v) is 5.70. The number of rotatable bonds is 6. The lowest BCUT2D eigenvalue weighted by atomic mass is 9.97. The summed E-state index contributed by atoms with van der Waals surface area (Å²) in [5, 5.41) is 9.43. The van der Waals surface area contributed by atoms with E-state index in [0.29, 0.717) is 12.5 Å². The van der Waals surface area contributed by atoms with Gasteiger partial charge in [-0.1, -0.05) is 54.6 Å². The fraction of sp³-hybridized carbons (Fsp3) is 0.269. The minimum Gasteiger partial charge on any atom is -0.508 e. The Labute approximate surface area is 177 Å². The van der Waals surface area contributed by atoms with Crippen LogP contribution in [0, 0.1) is 5.92 Å². The Morgan fingerprint density at radius 3 is 2.10 bits per heavy atom. The van der Waals surface area contributed by atoms with Crippen LogP contribution < -0.4 is 0 Å². The van der Waals surface area contributed by atoms with Crippen LogP contribution >= 0.6 is 0 Å². The number of likely N-dealkylation sites (tertiary alicyclic amines) is 1. The van der Waals surface area contributed by atoms with Gasteiger partial charge in [-0.2, -0.15) is 0 Å². The third kappa shape index (κ3) is 5.08. The maximum atomic E-state index is 12.9. The zero-order chi connectivity index (χ0) is 20.8. The van der Waals surface area contributed by atoms with E-state index >= 15 is 0 Å². The van der Waals surface area contributed by atoms with Crippen molar-refractivity contribution >= 4 is 5.91 Å². The van der Waals surface area contributed by atoms with Gasteiger partial charge in [-0.15, -0.1) is 0 Å². The summed E-state index contributed by atoms with van der Waals surface area (Å²) in [6.45, 7) is 2.95. The summed E-state index contributed by atoms with van der Waals surface area (Å²) in [6, 6.07) is 25.0. The van der Waals surface area contributed by atoms with Crippen molar-refractivity contribution in [2.24, 2.45) is 5.92 Å². The van der Waals surface area contributed by atoms with Crippen molar-refractivity contribution < 1.29 is 14.6 Å². The number of piperidine rings is 1. The Balaban J connectivity index is 1.26. The molecule has 1 amide bonds. The second-order valence-electron chi connectivity index (χ2n) is 7.86. The minimum atomic E-state index is 0.0934. The van der Waals surface area contributed by atoms with Gasteiger partial charge < -0.3 is 14.7 Å². The molecular weight excluding hydrogens is 374 g/mol. The predicted molar refractivity (Wildman–Crippen MR) is 118 cm³/mol. The van der Waals surface area contributed by atoms with Gasteiger partial charge in [-0.3, -0.25) is 4.79 Å². The zero-order valence-corrected chi connectivity index (χ0v) is 17.0. The van der Waals surface area contributed by atoms with Crippen LogP contribution in [0.25, 0.3) is 11.1 Å². The van der Waals surface area contributed by atoms with E-state index in [1.54, 1.807) is 12.1 Å². The molecule has 1 aliphatic rings. The quantitative estimate of drug-likeness (QED) is 0.623. The number of benzene rings is 3. The second-order valence-corrected chi connectivity index (χ2v) is 7.86. The van der Waals surface area contributed by atoms with E-state index < -0.39 is 0 Å². The molecule has 0 spiro atoms. The highest BCUT2D eigenvalue weighted by Gasteiger charge is 2.23. The van der Waals surface area contributed by atoms with Gasteiger partial charge in [0.15, 0.2) is 0 Å². The van der Waals surface area contributed by atoms with Crippen LogP contribution in [0.1, 0.15) is 28.8 Å². The number of ether oxygens (including phenoxy) is 1. The number of hydrogen-bond donors (Lipinski definition) is 1. The number of hydrogen-bond acceptors (Lipinski definition) is 3. The molecule has 4 rings (SSSR count). The second kappa shape index (κ2) is 9.59. The highest BCUT2D eigenvalue weighted by Crippen LogP contribution is 2.24. The molecule has 0 radical (unpaired) electrons. The average molecular weight is 402 g/mol. The maximum Gasteiger partial charge on any atom is 0.253 e. The van der Waals surface area contributed by atoms with Crippen LogP contribution in [0.3, 0.4) is 0 Å². The van der Waals surface area contributed by atoms with Crippen molar-refractivity contribution in [1.82, 2.24) is 4.90 Å². The Hall–Kier alpha value is -3.11. The summed E-state index contributed by atoms with van der Waals surface area (Å²) in [5.41, 5.74) is 3.96. The fourth-order valence-corrected chi connectivity index (χ4v) is 3.86. The van der Waals surface area contributed by atoms with Gasteiger partial charge in [-0.25, -0.2) is 0 Å². The molecule has 0 saturated carbocycles. The van der Waals surface area contributed by atoms with E-state index in [9.17, 15) is 9.90 Å². The molecule has 154 valence electrons. The molecule has 4 nitrogen and oxygen atoms in total. The highest BCUT2D eigenvalue weighted by atomic mass is 16.5. The van der Waals surface area contributed by atoms with Crippen molar-refractivity contribution in [2.75, 3.05) is 19.7 Å². The van der Waals surface area contributed by atoms with E-state index in [0.717, 1.165) is 49.2 Å². The van der Waals surface area contributed by atoms with E-state index in [2.05, 4.69) is 12.1 Å². The topological polar surface area (TPSA) is 49.8 Å². The molecule has 1 aliphatic heterocycles. The van der Waals surface area contributed by atoms with Crippen LogP contribution in [-0.2, 0) is 11.3 Å². The SMILES string of the molecule is O=C(c1ccc(-c2ccc(O)cc2)cc1)N1CCC(COCc2ccccc2)CC1. The molecule has 3 aromatic rings. The molecule has 1 saturated heterocycles. The number of phenolic OH excluding ortho intramolecular Hbond substituents is 1. The third-order valence-electron chi connectivity index (χ3n) is 5.70. The van der Waals surface area contributed by atoms with Crippen molar-refractivity contribution in [2.45, 2.75) is 19.4 Å². The van der Waals surface area contributed by atoms with Crippen molar-refractivity contribution in [3.8, 4) is 16.9 Å². The normalized spacial score (nSPS) is 14.6. The summed E-state index contributed by atoms with van der Waals surface area (Å²) in [6.07, 6.45) is 1.96. The molecule has 1 N–H and O–H groups in total. The Morgan fingerprint density at radius 1 is 0.867 bits per heavy atom. The number of carbonyl (C=O) groups is 1. The largest absolute Gasteiger partial charge is 0.508 e. The predicted octanol–water partition coefficient (Wildman–Crippen LogP) is 5.13. The molecule has 4 heteroatoms. The summed E-state index contributed by atoms with van der Waals surface area (Å²) in [4.78, 5) is 14.8. The first-order valence-electron chi connectivity index (χ1n) is 10.5. The number of amides is 1. The molecule has 3 aromatic carbocycles. The van der Waals surface area contributed by atoms with Gasteiger partial charge >= 0.3 is 0 Å². The van der Waals surface area contributed by atoms with Crippen LogP contribution in [0.5, 0.6) is 5.75 Å². The van der Waals surface area contributed by atoms with E-state index in [1.165, 1.54) is 5.56 Å². The van der Waals surface area contributed by atoms with E-state index in [1.807, 2.05) is 59.5 Å². The van der Waals surface area contributed by atoms with E-state index in [-0.39, 0.29) is 11.7 Å². The van der Waals surface area contributed by atoms with Crippen LogP contribution in [0.2, 0.25) is 0 Å². The average Bonchev–Trinajstić information content (AvgIpc) is 2.80. The lowest BCUT2D eigenvalue weighted by Crippen LogP contribution is -2.39. The minimum absolute atomic E-state index is 0.0934. The van der Waals surface area contributed by atoms with E-state index in [4.69, 9.17) is 4.74 Å². The molecule has 0 aromatic heterocycles. The Bertz CT molecular complexity index is 944. The molecule has 0 aliphatic carbocycles. The first-order chi connectivity index (χ1) is 14.7. The fourth-order valence-electron chi connectivity index (χ4n) is 3.86. The Kier molecular flexibility index (Phi) is 6.45. The summed E-state index contributed by atoms with van der Waals surface area (Å²) < 4.78 is 5.88. The van der Waals surface area contributed by atoms with Crippen LogP contribution in [0.15, 0.2) is 78.9 Å².